The Morgan fingerprint density at radius 2 is 2.08 bits per heavy atom. The van der Waals surface area contributed by atoms with Gasteiger partial charge in [0.15, 0.2) is 5.69 Å². The van der Waals surface area contributed by atoms with Crippen LogP contribution in [0.1, 0.15) is 11.4 Å². The minimum atomic E-state index is -4.55. The van der Waals surface area contributed by atoms with E-state index < -0.39 is 23.5 Å². The summed E-state index contributed by atoms with van der Waals surface area (Å²) >= 11 is 5.35. The third-order valence-electron chi connectivity index (χ3n) is 1.47. The number of nitrogens with zero attached hydrogens (tertiary/aromatic N) is 2. The number of aryl methyl sites for hydroxylation is 1. The van der Waals surface area contributed by atoms with Gasteiger partial charge in [0.25, 0.3) is 0 Å². The fourth-order valence-electron chi connectivity index (χ4n) is 0.963. The molecule has 0 aliphatic heterocycles. The first-order valence-corrected chi connectivity index (χ1v) is 3.65. The van der Waals surface area contributed by atoms with Gasteiger partial charge in [-0.1, -0.05) is 11.6 Å². The lowest BCUT2D eigenvalue weighted by molar-refractivity contribution is -0.143. The summed E-state index contributed by atoms with van der Waals surface area (Å²) < 4.78 is 37.3. The molecule has 0 fully saturated rings. The number of aliphatic hydroxyl groups is 1. The van der Waals surface area contributed by atoms with E-state index in [-0.39, 0.29) is 5.69 Å². The Bertz CT molecular complexity index is 320. The lowest BCUT2D eigenvalue weighted by Crippen LogP contribution is -2.12. The standard InChI is InChI=1S/C6H6ClF3N2O/c1-12-5(6(8,9)10)4(7)3(2-13)11-12/h13H,2H2,1H3. The molecule has 1 rings (SSSR count). The van der Waals surface area contributed by atoms with Crippen LogP contribution in [0.15, 0.2) is 0 Å². The van der Waals surface area contributed by atoms with Crippen molar-refractivity contribution in [2.24, 2.45) is 7.05 Å². The first kappa shape index (κ1) is 10.3. The Kier molecular flexibility index (Phi) is 2.53. The monoisotopic (exact) mass is 214 g/mol. The molecule has 0 aliphatic carbocycles. The molecule has 0 radical (unpaired) electrons. The summed E-state index contributed by atoms with van der Waals surface area (Å²) in [6.07, 6.45) is -4.55. The smallest absolute Gasteiger partial charge is 0.390 e. The van der Waals surface area contributed by atoms with Crippen LogP contribution in [-0.4, -0.2) is 14.9 Å². The topological polar surface area (TPSA) is 38.0 Å². The Morgan fingerprint density at radius 1 is 1.54 bits per heavy atom. The second kappa shape index (κ2) is 3.19. The molecular formula is C6H6ClF3N2O. The summed E-state index contributed by atoms with van der Waals surface area (Å²) in [7, 11) is 1.12. The molecule has 0 atom stereocenters. The summed E-state index contributed by atoms with van der Waals surface area (Å²) in [5.74, 6) is 0. The van der Waals surface area contributed by atoms with Crippen molar-refractivity contribution in [1.29, 1.82) is 0 Å². The van der Waals surface area contributed by atoms with Gasteiger partial charge in [-0.15, -0.1) is 0 Å². The molecule has 3 nitrogen and oxygen atoms in total. The van der Waals surface area contributed by atoms with E-state index in [1.54, 1.807) is 0 Å². The van der Waals surface area contributed by atoms with Crippen LogP contribution in [0.4, 0.5) is 13.2 Å². The van der Waals surface area contributed by atoms with E-state index in [2.05, 4.69) is 5.10 Å². The van der Waals surface area contributed by atoms with E-state index in [0.29, 0.717) is 4.68 Å². The van der Waals surface area contributed by atoms with Crippen molar-refractivity contribution in [2.45, 2.75) is 12.8 Å². The minimum absolute atomic E-state index is 0.170. The predicted octanol–water partition coefficient (Wildman–Crippen LogP) is 1.58. The Labute approximate surface area is 76.7 Å². The second-order valence-corrected chi connectivity index (χ2v) is 2.77. The summed E-state index contributed by atoms with van der Waals surface area (Å²) in [6, 6.07) is 0. The number of halogens is 4. The van der Waals surface area contributed by atoms with Crippen molar-refractivity contribution in [3.63, 3.8) is 0 Å². The number of hydrogen-bond acceptors (Lipinski definition) is 2. The van der Waals surface area contributed by atoms with Gasteiger partial charge in [-0.25, -0.2) is 0 Å². The molecule has 1 aromatic heterocycles. The van der Waals surface area contributed by atoms with E-state index in [4.69, 9.17) is 16.7 Å². The lowest BCUT2D eigenvalue weighted by atomic mass is 10.3. The molecule has 0 aliphatic rings. The van der Waals surface area contributed by atoms with Crippen LogP contribution in [0.2, 0.25) is 5.02 Å². The molecule has 13 heavy (non-hydrogen) atoms. The van der Waals surface area contributed by atoms with Crippen molar-refractivity contribution in [1.82, 2.24) is 9.78 Å². The van der Waals surface area contributed by atoms with E-state index in [1.807, 2.05) is 0 Å². The van der Waals surface area contributed by atoms with Gasteiger partial charge in [-0.3, -0.25) is 4.68 Å². The number of aliphatic hydroxyl groups excluding tert-OH is 1. The van der Waals surface area contributed by atoms with Crippen molar-refractivity contribution < 1.29 is 18.3 Å². The largest absolute Gasteiger partial charge is 0.434 e. The van der Waals surface area contributed by atoms with Gasteiger partial charge in [0.05, 0.1) is 11.6 Å². The zero-order valence-corrected chi connectivity index (χ0v) is 7.32. The molecule has 1 heterocycles. The lowest BCUT2D eigenvalue weighted by Gasteiger charge is -2.06. The zero-order chi connectivity index (χ0) is 10.2. The SMILES string of the molecule is Cn1nc(CO)c(Cl)c1C(F)(F)F. The maximum absolute atomic E-state index is 12.2. The van der Waals surface area contributed by atoms with Crippen LogP contribution in [0, 0.1) is 0 Å². The van der Waals surface area contributed by atoms with Gasteiger partial charge in [0.1, 0.15) is 5.69 Å². The second-order valence-electron chi connectivity index (χ2n) is 2.39. The Morgan fingerprint density at radius 3 is 2.31 bits per heavy atom. The third-order valence-corrected chi connectivity index (χ3v) is 1.87. The van der Waals surface area contributed by atoms with Gasteiger partial charge >= 0.3 is 6.18 Å². The predicted molar refractivity (Wildman–Crippen MR) is 39.1 cm³/mol. The summed E-state index contributed by atoms with van der Waals surface area (Å²) in [4.78, 5) is 0. The normalized spacial score (nSPS) is 12.2. The molecule has 1 N–H and O–H groups in total. The Hall–Kier alpha value is -0.750. The fraction of sp³-hybridized carbons (Fsp3) is 0.500. The molecule has 0 amide bonds. The highest BCUT2D eigenvalue weighted by molar-refractivity contribution is 6.32. The first-order chi connectivity index (χ1) is 5.88. The Balaban J connectivity index is 3.29. The molecule has 0 saturated carbocycles. The highest BCUT2D eigenvalue weighted by atomic mass is 35.5. The van der Waals surface area contributed by atoms with Crippen molar-refractivity contribution >= 4 is 11.6 Å². The summed E-state index contributed by atoms with van der Waals surface area (Å²) in [5.41, 5.74) is -1.21. The van der Waals surface area contributed by atoms with Crippen molar-refractivity contribution in [2.75, 3.05) is 0 Å². The molecule has 7 heteroatoms. The molecule has 1 aromatic rings. The summed E-state index contributed by atoms with van der Waals surface area (Å²) in [6.45, 7) is -0.608. The van der Waals surface area contributed by atoms with Crippen LogP contribution in [0.5, 0.6) is 0 Å². The quantitative estimate of drug-likeness (QED) is 0.771. The third kappa shape index (κ3) is 1.78. The highest BCUT2D eigenvalue weighted by Crippen LogP contribution is 2.35. The van der Waals surface area contributed by atoms with Crippen LogP contribution in [-0.2, 0) is 19.8 Å². The average Bonchev–Trinajstić information content (AvgIpc) is 2.24. The number of aromatic nitrogens is 2. The maximum Gasteiger partial charge on any atom is 0.434 e. The molecule has 74 valence electrons. The van der Waals surface area contributed by atoms with E-state index in [9.17, 15) is 13.2 Å². The van der Waals surface area contributed by atoms with E-state index in [0.717, 1.165) is 7.05 Å². The maximum atomic E-state index is 12.2. The highest BCUT2D eigenvalue weighted by Gasteiger charge is 2.38. The fourth-order valence-corrected chi connectivity index (χ4v) is 1.29. The van der Waals surface area contributed by atoms with Crippen molar-refractivity contribution in [3.05, 3.63) is 16.4 Å². The van der Waals surface area contributed by atoms with Crippen LogP contribution < -0.4 is 0 Å². The number of rotatable bonds is 1. The number of alkyl halides is 3. The minimum Gasteiger partial charge on any atom is -0.390 e. The van der Waals surface area contributed by atoms with Gasteiger partial charge in [-0.2, -0.15) is 18.3 Å². The molecule has 0 aromatic carbocycles. The molecular weight excluding hydrogens is 209 g/mol. The van der Waals surface area contributed by atoms with E-state index in [1.165, 1.54) is 0 Å². The van der Waals surface area contributed by atoms with E-state index >= 15 is 0 Å². The van der Waals surface area contributed by atoms with Gasteiger partial charge in [0.2, 0.25) is 0 Å². The average molecular weight is 215 g/mol. The zero-order valence-electron chi connectivity index (χ0n) is 6.56. The molecule has 0 bridgehead atoms. The van der Waals surface area contributed by atoms with Gasteiger partial charge in [-0.05, 0) is 0 Å². The molecule has 0 saturated heterocycles. The molecule has 0 unspecified atom stereocenters. The van der Waals surface area contributed by atoms with Crippen LogP contribution in [0.25, 0.3) is 0 Å². The first-order valence-electron chi connectivity index (χ1n) is 3.27. The van der Waals surface area contributed by atoms with Gasteiger partial charge in [0, 0.05) is 7.05 Å². The molecule has 0 spiro atoms. The van der Waals surface area contributed by atoms with Crippen molar-refractivity contribution in [3.8, 4) is 0 Å². The van der Waals surface area contributed by atoms with Crippen LogP contribution >= 0.6 is 11.6 Å². The van der Waals surface area contributed by atoms with Gasteiger partial charge < -0.3 is 5.11 Å². The van der Waals surface area contributed by atoms with Crippen LogP contribution in [0.3, 0.4) is 0 Å². The summed E-state index contributed by atoms with van der Waals surface area (Å²) in [5, 5.41) is 11.5. The number of hydrogen-bond donors (Lipinski definition) is 1.